The Morgan fingerprint density at radius 2 is 1.39 bits per heavy atom. The van der Waals surface area contributed by atoms with E-state index < -0.39 is 12.2 Å². The number of rotatable bonds is 3. The normalized spacial score (nSPS) is 10.5. The maximum Gasteiger partial charge on any atom is 0.673 e. The molecule has 0 N–H and O–H groups in total. The number of hydrogen-bond donors (Lipinski definition) is 0. The van der Waals surface area contributed by atoms with Crippen LogP contribution in [0.25, 0.3) is 0 Å². The zero-order valence-corrected chi connectivity index (χ0v) is 11.8. The fraction of sp³-hybridized carbons (Fsp3) is 0.0769. The third-order valence-corrected chi connectivity index (χ3v) is 2.58. The van der Waals surface area contributed by atoms with E-state index in [9.17, 15) is 32.2 Å². The highest BCUT2D eigenvalue weighted by Gasteiger charge is 2.20. The van der Waals surface area contributed by atoms with Crippen molar-refractivity contribution in [3.8, 4) is 0 Å². The van der Waals surface area contributed by atoms with Crippen molar-refractivity contribution in [2.24, 2.45) is 7.05 Å². The van der Waals surface area contributed by atoms with Crippen LogP contribution < -0.4 is 4.57 Å². The summed E-state index contributed by atoms with van der Waals surface area (Å²) in [6.07, 6.45) is 3.55. The summed E-state index contributed by atoms with van der Waals surface area (Å²) in [5.41, 5.74) is 0.974. The van der Waals surface area contributed by atoms with Gasteiger partial charge in [0.25, 0.3) is 5.69 Å². The average Bonchev–Trinajstić information content (AvgIpc) is 2.46. The van der Waals surface area contributed by atoms with E-state index in [0.717, 1.165) is 0 Å². The monoisotopic (exact) mass is 330 g/mol. The Bertz CT molecular complexity index is 682. The van der Waals surface area contributed by atoms with Gasteiger partial charge in [-0.15, -0.1) is 0 Å². The lowest BCUT2D eigenvalue weighted by Crippen LogP contribution is -2.26. The van der Waals surface area contributed by atoms with E-state index in [1.807, 2.05) is 11.6 Å². The van der Waals surface area contributed by atoms with Gasteiger partial charge in [0.2, 0.25) is 0 Å². The van der Waals surface area contributed by atoms with E-state index in [1.165, 1.54) is 24.3 Å². The van der Waals surface area contributed by atoms with Crippen molar-refractivity contribution in [2.75, 3.05) is 0 Å². The summed E-state index contributed by atoms with van der Waals surface area (Å²) in [6.45, 7) is 0. The van der Waals surface area contributed by atoms with Gasteiger partial charge in [0, 0.05) is 35.4 Å². The summed E-state index contributed by atoms with van der Waals surface area (Å²) < 4.78 is 40.8. The summed E-state index contributed by atoms with van der Waals surface area (Å²) in [5.74, 6) is -0.148. The molecule has 0 bridgehead atoms. The number of ketones is 1. The van der Waals surface area contributed by atoms with Crippen LogP contribution in [0.4, 0.5) is 23.0 Å². The van der Waals surface area contributed by atoms with Crippen LogP contribution in [0.2, 0.25) is 0 Å². The Morgan fingerprint density at radius 1 is 1.00 bits per heavy atom. The summed E-state index contributed by atoms with van der Waals surface area (Å²) >= 11 is 0. The van der Waals surface area contributed by atoms with Crippen LogP contribution in [0.15, 0.2) is 48.8 Å². The van der Waals surface area contributed by atoms with Crippen molar-refractivity contribution < 1.29 is 31.5 Å². The molecule has 0 saturated carbocycles. The summed E-state index contributed by atoms with van der Waals surface area (Å²) in [4.78, 5) is 22.1. The Morgan fingerprint density at radius 3 is 1.78 bits per heavy atom. The highest BCUT2D eigenvalue weighted by Crippen LogP contribution is 2.14. The zero-order chi connectivity index (χ0) is 17.6. The highest BCUT2D eigenvalue weighted by atomic mass is 19.5. The second kappa shape index (κ2) is 7.48. The Kier molecular flexibility index (Phi) is 5.94. The van der Waals surface area contributed by atoms with Gasteiger partial charge in [0.15, 0.2) is 18.2 Å². The molecule has 2 rings (SSSR count). The van der Waals surface area contributed by atoms with Crippen LogP contribution >= 0.6 is 0 Å². The molecule has 0 atom stereocenters. The number of nitro benzene ring substituents is 1. The minimum atomic E-state index is -6.00. The van der Waals surface area contributed by atoms with Gasteiger partial charge in [-0.25, -0.2) is 4.57 Å². The Labute approximate surface area is 128 Å². The second-order valence-electron chi connectivity index (χ2n) is 4.38. The first-order valence-electron chi connectivity index (χ1n) is 6.19. The first kappa shape index (κ1) is 18.3. The van der Waals surface area contributed by atoms with E-state index in [1.54, 1.807) is 24.5 Å². The predicted molar refractivity (Wildman–Crippen MR) is 74.3 cm³/mol. The number of carbonyl (C=O) groups is 1. The first-order chi connectivity index (χ1) is 10.6. The van der Waals surface area contributed by atoms with Crippen molar-refractivity contribution in [3.63, 3.8) is 0 Å². The average molecular weight is 330 g/mol. The molecule has 2 aromatic rings. The lowest BCUT2D eigenvalue weighted by molar-refractivity contribution is -0.671. The van der Waals surface area contributed by atoms with Gasteiger partial charge in [-0.05, 0) is 12.1 Å². The topological polar surface area (TPSA) is 64.1 Å². The van der Waals surface area contributed by atoms with Gasteiger partial charge >= 0.3 is 7.25 Å². The number of nitro groups is 1. The van der Waals surface area contributed by atoms with Crippen molar-refractivity contribution >= 4 is 18.7 Å². The Hall–Kier alpha value is -2.78. The molecule has 0 fully saturated rings. The molecule has 0 amide bonds. The molecule has 122 valence electrons. The molecule has 0 aliphatic carbocycles. The molecule has 23 heavy (non-hydrogen) atoms. The standard InChI is InChI=1S/C13H11N2O3.BF4/c1-14-8-6-11(7-9-14)13(16)10-2-4-12(5-3-10)15(17)18;2-1(3,4)5/h2-9H,1H3;/q+1;-1. The smallest absolute Gasteiger partial charge is 0.418 e. The number of aromatic nitrogens is 1. The van der Waals surface area contributed by atoms with Gasteiger partial charge in [0.05, 0.1) is 4.92 Å². The number of carbonyl (C=O) groups excluding carboxylic acids is 1. The molecule has 0 saturated heterocycles. The predicted octanol–water partition coefficient (Wildman–Crippen LogP) is 2.95. The van der Waals surface area contributed by atoms with Crippen molar-refractivity contribution in [2.45, 2.75) is 0 Å². The third kappa shape index (κ3) is 6.68. The molecular formula is C13H11BF4N2O3. The van der Waals surface area contributed by atoms with Crippen molar-refractivity contribution in [3.05, 3.63) is 70.0 Å². The first-order valence-corrected chi connectivity index (χ1v) is 6.19. The molecule has 1 aromatic heterocycles. The SMILES string of the molecule is C[n+]1ccc(C(=O)c2ccc([N+](=O)[O-])cc2)cc1.F[B-](F)(F)F. The molecule has 10 heteroatoms. The molecular weight excluding hydrogens is 319 g/mol. The summed E-state index contributed by atoms with van der Waals surface area (Å²) in [6, 6.07) is 9.01. The molecule has 0 unspecified atom stereocenters. The minimum Gasteiger partial charge on any atom is -0.418 e. The number of aryl methyl sites for hydroxylation is 1. The molecule has 1 heterocycles. The van der Waals surface area contributed by atoms with Gasteiger partial charge < -0.3 is 17.3 Å². The zero-order valence-electron chi connectivity index (χ0n) is 11.8. The van der Waals surface area contributed by atoms with Crippen LogP contribution in [0.1, 0.15) is 15.9 Å². The Balaban J connectivity index is 0.000000463. The molecule has 0 radical (unpaired) electrons. The fourth-order valence-electron chi connectivity index (χ4n) is 1.55. The van der Waals surface area contributed by atoms with Gasteiger partial charge in [-0.1, -0.05) is 0 Å². The highest BCUT2D eigenvalue weighted by molar-refractivity contribution is 6.50. The number of nitrogens with zero attached hydrogens (tertiary/aromatic N) is 2. The molecule has 1 aromatic carbocycles. The number of halogens is 4. The van der Waals surface area contributed by atoms with E-state index in [2.05, 4.69) is 0 Å². The lowest BCUT2D eigenvalue weighted by Gasteiger charge is -1.99. The molecule has 0 aliphatic rings. The fourth-order valence-corrected chi connectivity index (χ4v) is 1.55. The van der Waals surface area contributed by atoms with Crippen LogP contribution in [0.3, 0.4) is 0 Å². The van der Waals surface area contributed by atoms with Crippen LogP contribution in [0, 0.1) is 10.1 Å². The van der Waals surface area contributed by atoms with Crippen LogP contribution in [-0.2, 0) is 7.05 Å². The molecule has 0 spiro atoms. The summed E-state index contributed by atoms with van der Waals surface area (Å²) in [7, 11) is -4.14. The number of benzene rings is 1. The van der Waals surface area contributed by atoms with Crippen LogP contribution in [-0.4, -0.2) is 18.0 Å². The maximum atomic E-state index is 12.1. The lowest BCUT2D eigenvalue weighted by atomic mass is 10.0. The number of non-ortho nitro benzene ring substituents is 1. The van der Waals surface area contributed by atoms with Crippen LogP contribution in [0.5, 0.6) is 0 Å². The van der Waals surface area contributed by atoms with Gasteiger partial charge in [-0.3, -0.25) is 14.9 Å². The van der Waals surface area contributed by atoms with E-state index in [-0.39, 0.29) is 11.5 Å². The molecule has 0 aliphatic heterocycles. The minimum absolute atomic E-state index is 0.0222. The van der Waals surface area contributed by atoms with Gasteiger partial charge in [0.1, 0.15) is 7.05 Å². The van der Waals surface area contributed by atoms with E-state index >= 15 is 0 Å². The van der Waals surface area contributed by atoms with E-state index in [0.29, 0.717) is 11.1 Å². The summed E-state index contributed by atoms with van der Waals surface area (Å²) in [5, 5.41) is 10.5. The van der Waals surface area contributed by atoms with Gasteiger partial charge in [-0.2, -0.15) is 0 Å². The quantitative estimate of drug-likeness (QED) is 0.217. The van der Waals surface area contributed by atoms with Crippen molar-refractivity contribution in [1.29, 1.82) is 0 Å². The second-order valence-corrected chi connectivity index (χ2v) is 4.38. The maximum absolute atomic E-state index is 12.1. The van der Waals surface area contributed by atoms with E-state index in [4.69, 9.17) is 0 Å². The largest absolute Gasteiger partial charge is 0.673 e. The number of pyridine rings is 1. The third-order valence-electron chi connectivity index (χ3n) is 2.58. The van der Waals surface area contributed by atoms with Crippen molar-refractivity contribution in [1.82, 2.24) is 0 Å². The number of hydrogen-bond acceptors (Lipinski definition) is 3. The molecule has 5 nitrogen and oxygen atoms in total.